The maximum absolute atomic E-state index is 12.7. The number of nitrogens with one attached hydrogen (secondary N) is 2. The number of imide groups is 1. The van der Waals surface area contributed by atoms with E-state index >= 15 is 0 Å². The number of hydrogen-bond donors (Lipinski definition) is 2. The molecule has 1 fully saturated rings. The number of nitrogens with zero attached hydrogens (tertiary/aromatic N) is 2. The summed E-state index contributed by atoms with van der Waals surface area (Å²) >= 11 is 6.06. The quantitative estimate of drug-likeness (QED) is 0.476. The minimum absolute atomic E-state index is 0.0751. The summed E-state index contributed by atoms with van der Waals surface area (Å²) in [6, 6.07) is 11.4. The van der Waals surface area contributed by atoms with E-state index in [0.29, 0.717) is 27.6 Å². The Hall–Kier alpha value is -3.83. The molecule has 1 saturated heterocycles. The van der Waals surface area contributed by atoms with Crippen molar-refractivity contribution in [2.75, 3.05) is 6.86 Å². The lowest BCUT2D eigenvalue weighted by Gasteiger charge is -2.11. The van der Waals surface area contributed by atoms with E-state index in [9.17, 15) is 14.0 Å². The summed E-state index contributed by atoms with van der Waals surface area (Å²) in [4.78, 5) is 29.1. The van der Waals surface area contributed by atoms with Gasteiger partial charge >= 0.3 is 6.03 Å². The van der Waals surface area contributed by atoms with E-state index in [1.807, 2.05) is 6.07 Å². The van der Waals surface area contributed by atoms with E-state index in [0.717, 1.165) is 4.90 Å². The van der Waals surface area contributed by atoms with Crippen LogP contribution in [-0.4, -0.2) is 28.7 Å². The fraction of sp³-hybridized carbons (Fsp3) is 0.0952. The topological polar surface area (TPSA) is 98.2 Å². The number of halogens is 2. The number of nitriles is 1. The molecule has 4 rings (SSSR count). The number of benzene rings is 2. The Morgan fingerprint density at radius 1 is 1.20 bits per heavy atom. The van der Waals surface area contributed by atoms with Crippen molar-refractivity contribution in [1.82, 2.24) is 15.2 Å². The van der Waals surface area contributed by atoms with Gasteiger partial charge in [0.1, 0.15) is 5.70 Å². The van der Waals surface area contributed by atoms with Crippen molar-refractivity contribution < 1.29 is 18.7 Å². The van der Waals surface area contributed by atoms with Crippen LogP contribution >= 0.6 is 11.6 Å². The molecule has 2 aromatic carbocycles. The number of H-pyrrole nitrogens is 1. The molecule has 2 N–H and O–H groups in total. The van der Waals surface area contributed by atoms with Crippen molar-refractivity contribution in [2.45, 2.75) is 6.54 Å². The maximum Gasteiger partial charge on any atom is 0.329 e. The first-order valence-electron chi connectivity index (χ1n) is 8.83. The molecule has 0 bridgehead atoms. The summed E-state index contributed by atoms with van der Waals surface area (Å²) in [5.74, 6) is -0.307. The Labute approximate surface area is 175 Å². The second-order valence-electron chi connectivity index (χ2n) is 6.48. The number of rotatable bonds is 5. The SMILES string of the molecule is N#Cc1ccc(CN2C(=O)NC(=Cc3c[nH]c4c(OCF)c(Cl)ccc34)C2=O)cc1. The molecular formula is C21H14ClFN4O3. The first-order chi connectivity index (χ1) is 14.5. The van der Waals surface area contributed by atoms with Gasteiger partial charge < -0.3 is 15.0 Å². The van der Waals surface area contributed by atoms with Crippen molar-refractivity contribution in [3.63, 3.8) is 0 Å². The average molecular weight is 425 g/mol. The molecule has 1 aliphatic heterocycles. The van der Waals surface area contributed by atoms with Crippen LogP contribution < -0.4 is 10.1 Å². The van der Waals surface area contributed by atoms with Crippen molar-refractivity contribution in [1.29, 1.82) is 5.26 Å². The minimum atomic E-state index is -1.03. The number of alkyl halides is 1. The number of amides is 3. The lowest BCUT2D eigenvalue weighted by molar-refractivity contribution is -0.123. The van der Waals surface area contributed by atoms with Crippen LogP contribution in [0.3, 0.4) is 0 Å². The molecule has 3 aromatic rings. The monoisotopic (exact) mass is 424 g/mol. The summed E-state index contributed by atoms with van der Waals surface area (Å²) in [6.45, 7) is -0.960. The van der Waals surface area contributed by atoms with Gasteiger partial charge in [0.15, 0.2) is 5.75 Å². The Morgan fingerprint density at radius 2 is 1.97 bits per heavy atom. The lowest BCUT2D eigenvalue weighted by Crippen LogP contribution is -2.30. The van der Waals surface area contributed by atoms with E-state index in [2.05, 4.69) is 10.3 Å². The molecule has 1 aromatic heterocycles. The van der Waals surface area contributed by atoms with E-state index in [4.69, 9.17) is 21.6 Å². The predicted octanol–water partition coefficient (Wildman–Crippen LogP) is 4.09. The zero-order valence-corrected chi connectivity index (χ0v) is 16.2. The van der Waals surface area contributed by atoms with E-state index in [-0.39, 0.29) is 23.0 Å². The fourth-order valence-corrected chi connectivity index (χ4v) is 3.43. The number of urea groups is 1. The number of carbonyl (C=O) groups is 2. The highest BCUT2D eigenvalue weighted by Crippen LogP contribution is 2.35. The predicted molar refractivity (Wildman–Crippen MR) is 108 cm³/mol. The van der Waals surface area contributed by atoms with Crippen molar-refractivity contribution in [2.24, 2.45) is 0 Å². The molecule has 2 heterocycles. The van der Waals surface area contributed by atoms with Gasteiger partial charge in [-0.3, -0.25) is 9.69 Å². The molecule has 0 radical (unpaired) electrons. The number of ether oxygens (including phenoxy) is 1. The molecule has 30 heavy (non-hydrogen) atoms. The van der Waals surface area contributed by atoms with Gasteiger partial charge in [-0.1, -0.05) is 29.8 Å². The summed E-state index contributed by atoms with van der Waals surface area (Å²) < 4.78 is 17.6. The number of aromatic amines is 1. The zero-order chi connectivity index (χ0) is 21.3. The van der Waals surface area contributed by atoms with E-state index in [1.165, 1.54) is 6.08 Å². The Kier molecular flexibility index (Phi) is 5.12. The molecule has 0 aliphatic carbocycles. The van der Waals surface area contributed by atoms with E-state index < -0.39 is 18.8 Å². The number of aromatic nitrogens is 1. The van der Waals surface area contributed by atoms with E-state index in [1.54, 1.807) is 42.6 Å². The number of hydrogen-bond acceptors (Lipinski definition) is 4. The van der Waals surface area contributed by atoms with Crippen molar-refractivity contribution >= 4 is 40.5 Å². The summed E-state index contributed by atoms with van der Waals surface area (Å²) in [6.07, 6.45) is 3.15. The average Bonchev–Trinajstić information content (AvgIpc) is 3.27. The summed E-state index contributed by atoms with van der Waals surface area (Å²) in [5, 5.41) is 12.3. The van der Waals surface area contributed by atoms with Crippen LogP contribution in [0.1, 0.15) is 16.7 Å². The number of carbonyl (C=O) groups excluding carboxylic acids is 2. The normalized spacial score (nSPS) is 15.0. The van der Waals surface area contributed by atoms with Crippen LogP contribution in [0.25, 0.3) is 17.0 Å². The molecule has 0 atom stereocenters. The molecule has 0 spiro atoms. The highest BCUT2D eigenvalue weighted by molar-refractivity contribution is 6.33. The molecular weight excluding hydrogens is 411 g/mol. The first-order valence-corrected chi connectivity index (χ1v) is 9.21. The van der Waals surface area contributed by atoms with Crippen LogP contribution in [0.4, 0.5) is 9.18 Å². The van der Waals surface area contributed by atoms with Crippen molar-refractivity contribution in [3.8, 4) is 11.8 Å². The van der Waals surface area contributed by atoms with Crippen LogP contribution in [0.5, 0.6) is 5.75 Å². The third kappa shape index (κ3) is 3.47. The van der Waals surface area contributed by atoms with Gasteiger partial charge in [0.25, 0.3) is 5.91 Å². The van der Waals surface area contributed by atoms with Gasteiger partial charge in [-0.25, -0.2) is 9.18 Å². The first kappa shape index (κ1) is 19.5. The minimum Gasteiger partial charge on any atom is -0.459 e. The molecule has 3 amide bonds. The molecule has 0 unspecified atom stereocenters. The fourth-order valence-electron chi connectivity index (χ4n) is 3.22. The maximum atomic E-state index is 12.7. The largest absolute Gasteiger partial charge is 0.459 e. The zero-order valence-electron chi connectivity index (χ0n) is 15.4. The summed E-state index contributed by atoms with van der Waals surface area (Å²) in [7, 11) is 0. The molecule has 7 nitrogen and oxygen atoms in total. The molecule has 150 valence electrons. The summed E-state index contributed by atoms with van der Waals surface area (Å²) in [5.41, 5.74) is 2.41. The molecule has 9 heteroatoms. The van der Waals surface area contributed by atoms with Crippen LogP contribution in [0.2, 0.25) is 5.02 Å². The Morgan fingerprint density at radius 3 is 2.67 bits per heavy atom. The Balaban J connectivity index is 1.62. The van der Waals surface area contributed by atoms with Gasteiger partial charge in [-0.15, -0.1) is 0 Å². The third-order valence-electron chi connectivity index (χ3n) is 4.68. The lowest BCUT2D eigenvalue weighted by atomic mass is 10.1. The smallest absolute Gasteiger partial charge is 0.329 e. The molecule has 0 saturated carbocycles. The van der Waals surface area contributed by atoms with Crippen molar-refractivity contribution in [3.05, 3.63) is 70.0 Å². The second kappa shape index (κ2) is 7.89. The van der Waals surface area contributed by atoms with Crippen LogP contribution in [0.15, 0.2) is 48.3 Å². The van der Waals surface area contributed by atoms with Crippen LogP contribution in [0, 0.1) is 11.3 Å². The molecule has 1 aliphatic rings. The van der Waals surface area contributed by atoms with Crippen LogP contribution in [-0.2, 0) is 11.3 Å². The van der Waals surface area contributed by atoms with Gasteiger partial charge in [0.2, 0.25) is 6.86 Å². The standard InChI is InChI=1S/C21H14ClFN4O3/c22-16-6-5-15-14(9-25-18(15)19(16)30-11-23)7-17-20(28)27(21(29)26-17)10-13-3-1-12(8-24)2-4-13/h1-7,9,25H,10-11H2,(H,26,29). The second-order valence-corrected chi connectivity index (χ2v) is 6.89. The van der Waals surface area contributed by atoms with Gasteiger partial charge in [0, 0.05) is 17.1 Å². The van der Waals surface area contributed by atoms with Gasteiger partial charge in [0.05, 0.1) is 28.7 Å². The highest BCUT2D eigenvalue weighted by Gasteiger charge is 2.33. The van der Waals surface area contributed by atoms with Gasteiger partial charge in [-0.2, -0.15) is 5.26 Å². The Bertz CT molecular complexity index is 1230. The highest BCUT2D eigenvalue weighted by atomic mass is 35.5. The third-order valence-corrected chi connectivity index (χ3v) is 4.98. The van der Waals surface area contributed by atoms with Gasteiger partial charge in [-0.05, 0) is 29.8 Å². The number of fused-ring (bicyclic) bond motifs is 1.